The van der Waals surface area contributed by atoms with Crippen molar-refractivity contribution in [3.8, 4) is 11.5 Å². The Morgan fingerprint density at radius 2 is 1.84 bits per heavy atom. The summed E-state index contributed by atoms with van der Waals surface area (Å²) in [5.41, 5.74) is 1.62. The Morgan fingerprint density at radius 1 is 1.16 bits per heavy atom. The molecular weight excluding hydrogens is 325 g/mol. The van der Waals surface area contributed by atoms with Crippen molar-refractivity contribution in [3.05, 3.63) is 57.9 Å². The Kier molecular flexibility index (Phi) is 4.20. The summed E-state index contributed by atoms with van der Waals surface area (Å²) >= 11 is 0. The minimum atomic E-state index is -0.538. The number of rotatable bonds is 3. The highest BCUT2D eigenvalue weighted by molar-refractivity contribution is 6.01. The molecule has 2 aromatic carbocycles. The molecule has 0 bridgehead atoms. The molecule has 0 unspecified atom stereocenters. The standard InChI is InChI=1S/C19H18FNO4/c1-10(2)14-6-15(18(24)16(9-22)17(14)23)19(25)21-7-11-3-4-13(20)5-12(11)8-21/h3-6,9-10,23-24H,7-8H2,1-2H3. The maximum Gasteiger partial charge on any atom is 0.258 e. The minimum absolute atomic E-state index is 0.0446. The molecule has 1 aliphatic heterocycles. The van der Waals surface area contributed by atoms with Crippen LogP contribution in [-0.2, 0) is 13.1 Å². The molecule has 0 saturated carbocycles. The first-order chi connectivity index (χ1) is 11.8. The van der Waals surface area contributed by atoms with E-state index < -0.39 is 11.7 Å². The highest BCUT2D eigenvalue weighted by Gasteiger charge is 2.29. The molecule has 2 aromatic rings. The van der Waals surface area contributed by atoms with Crippen molar-refractivity contribution in [1.82, 2.24) is 4.90 Å². The molecule has 6 heteroatoms. The van der Waals surface area contributed by atoms with Crippen LogP contribution < -0.4 is 0 Å². The van der Waals surface area contributed by atoms with Crippen LogP contribution in [0.2, 0.25) is 0 Å². The summed E-state index contributed by atoms with van der Waals surface area (Å²) in [4.78, 5) is 25.6. The number of hydrogen-bond acceptors (Lipinski definition) is 4. The summed E-state index contributed by atoms with van der Waals surface area (Å²) in [6.45, 7) is 4.13. The van der Waals surface area contributed by atoms with Crippen LogP contribution in [0.1, 0.15) is 57.2 Å². The van der Waals surface area contributed by atoms with E-state index in [-0.39, 0.29) is 35.2 Å². The highest BCUT2D eigenvalue weighted by Crippen LogP contribution is 2.38. The fraction of sp³-hybridized carbons (Fsp3) is 0.263. The molecule has 1 heterocycles. The van der Waals surface area contributed by atoms with E-state index in [1.54, 1.807) is 6.07 Å². The average Bonchev–Trinajstić information content (AvgIpc) is 2.97. The van der Waals surface area contributed by atoms with Gasteiger partial charge in [0.05, 0.1) is 11.1 Å². The minimum Gasteiger partial charge on any atom is -0.507 e. The van der Waals surface area contributed by atoms with Crippen molar-refractivity contribution < 1.29 is 24.2 Å². The molecule has 2 N–H and O–H groups in total. The quantitative estimate of drug-likeness (QED) is 0.838. The van der Waals surface area contributed by atoms with Gasteiger partial charge in [-0.2, -0.15) is 0 Å². The molecule has 0 atom stereocenters. The van der Waals surface area contributed by atoms with Crippen LogP contribution in [0.25, 0.3) is 0 Å². The Balaban J connectivity index is 2.01. The van der Waals surface area contributed by atoms with Crippen molar-refractivity contribution in [3.63, 3.8) is 0 Å². The van der Waals surface area contributed by atoms with E-state index in [9.17, 15) is 24.2 Å². The smallest absolute Gasteiger partial charge is 0.258 e. The third-order valence-electron chi connectivity index (χ3n) is 4.49. The van der Waals surface area contributed by atoms with Gasteiger partial charge in [-0.15, -0.1) is 0 Å². The van der Waals surface area contributed by atoms with Gasteiger partial charge in [0.25, 0.3) is 5.91 Å². The van der Waals surface area contributed by atoms with Crippen LogP contribution in [0.3, 0.4) is 0 Å². The molecule has 25 heavy (non-hydrogen) atoms. The van der Waals surface area contributed by atoms with Gasteiger partial charge < -0.3 is 15.1 Å². The van der Waals surface area contributed by atoms with Gasteiger partial charge in [-0.05, 0) is 40.8 Å². The monoisotopic (exact) mass is 343 g/mol. The lowest BCUT2D eigenvalue weighted by Crippen LogP contribution is -2.25. The van der Waals surface area contributed by atoms with Gasteiger partial charge in [-0.25, -0.2) is 4.39 Å². The largest absolute Gasteiger partial charge is 0.507 e. The summed E-state index contributed by atoms with van der Waals surface area (Å²) in [6, 6.07) is 5.77. The van der Waals surface area contributed by atoms with Gasteiger partial charge in [0.2, 0.25) is 0 Å². The summed E-state index contributed by atoms with van der Waals surface area (Å²) < 4.78 is 13.4. The Morgan fingerprint density at radius 3 is 2.48 bits per heavy atom. The number of benzene rings is 2. The second-order valence-electron chi connectivity index (χ2n) is 6.47. The molecule has 0 aromatic heterocycles. The second kappa shape index (κ2) is 6.20. The highest BCUT2D eigenvalue weighted by atomic mass is 19.1. The summed E-state index contributed by atoms with van der Waals surface area (Å²) in [5.74, 6) is -1.84. The van der Waals surface area contributed by atoms with Gasteiger partial charge in [-0.3, -0.25) is 9.59 Å². The first-order valence-electron chi connectivity index (χ1n) is 7.94. The number of hydrogen-bond donors (Lipinski definition) is 2. The topological polar surface area (TPSA) is 77.8 Å². The third-order valence-corrected chi connectivity index (χ3v) is 4.49. The zero-order valence-corrected chi connectivity index (χ0v) is 13.9. The van der Waals surface area contributed by atoms with Crippen LogP contribution >= 0.6 is 0 Å². The maximum absolute atomic E-state index is 13.4. The lowest BCUT2D eigenvalue weighted by atomic mass is 9.95. The number of aromatic hydroxyl groups is 2. The Hall–Kier alpha value is -2.89. The first-order valence-corrected chi connectivity index (χ1v) is 7.94. The molecule has 0 aliphatic carbocycles. The lowest BCUT2D eigenvalue weighted by molar-refractivity contribution is 0.0748. The van der Waals surface area contributed by atoms with Gasteiger partial charge in [0.1, 0.15) is 17.3 Å². The maximum atomic E-state index is 13.4. The molecular formula is C19H18FNO4. The molecule has 0 spiro atoms. The average molecular weight is 343 g/mol. The number of fused-ring (bicyclic) bond motifs is 1. The lowest BCUT2D eigenvalue weighted by Gasteiger charge is -2.19. The van der Waals surface area contributed by atoms with Gasteiger partial charge in [-0.1, -0.05) is 19.9 Å². The predicted octanol–water partition coefficient (Wildman–Crippen LogP) is 3.33. The van der Waals surface area contributed by atoms with Crippen LogP contribution in [-0.4, -0.2) is 27.3 Å². The van der Waals surface area contributed by atoms with Crippen LogP contribution in [0.15, 0.2) is 24.3 Å². The van der Waals surface area contributed by atoms with Gasteiger partial charge in [0.15, 0.2) is 6.29 Å². The molecule has 0 saturated heterocycles. The normalized spacial score (nSPS) is 13.2. The fourth-order valence-electron chi connectivity index (χ4n) is 3.10. The second-order valence-corrected chi connectivity index (χ2v) is 6.47. The number of nitrogens with zero attached hydrogens (tertiary/aromatic N) is 1. The predicted molar refractivity (Wildman–Crippen MR) is 89.2 cm³/mol. The number of carbonyl (C=O) groups excluding carboxylic acids is 2. The zero-order chi connectivity index (χ0) is 18.3. The van der Waals surface area contributed by atoms with Gasteiger partial charge in [0, 0.05) is 13.1 Å². The van der Waals surface area contributed by atoms with Crippen molar-refractivity contribution in [2.75, 3.05) is 0 Å². The Bertz CT molecular complexity index is 876. The number of aldehydes is 1. The third kappa shape index (κ3) is 2.84. The number of amides is 1. The van der Waals surface area contributed by atoms with Crippen LogP contribution in [0, 0.1) is 5.82 Å². The molecule has 1 aliphatic rings. The van der Waals surface area contributed by atoms with Gasteiger partial charge >= 0.3 is 0 Å². The zero-order valence-electron chi connectivity index (χ0n) is 13.9. The van der Waals surface area contributed by atoms with E-state index in [2.05, 4.69) is 0 Å². The van der Waals surface area contributed by atoms with E-state index in [0.29, 0.717) is 24.0 Å². The van der Waals surface area contributed by atoms with Crippen LogP contribution in [0.5, 0.6) is 11.5 Å². The first kappa shape index (κ1) is 17.0. The molecule has 0 radical (unpaired) electrons. The van der Waals surface area contributed by atoms with E-state index in [1.165, 1.54) is 23.1 Å². The van der Waals surface area contributed by atoms with Crippen molar-refractivity contribution in [2.45, 2.75) is 32.9 Å². The van der Waals surface area contributed by atoms with E-state index in [4.69, 9.17) is 0 Å². The molecule has 3 rings (SSSR count). The summed E-state index contributed by atoms with van der Waals surface area (Å²) in [6.07, 6.45) is 0.335. The fourth-order valence-corrected chi connectivity index (χ4v) is 3.10. The Labute approximate surface area is 144 Å². The molecule has 5 nitrogen and oxygen atoms in total. The van der Waals surface area contributed by atoms with Crippen molar-refractivity contribution in [1.29, 1.82) is 0 Å². The number of carbonyl (C=O) groups is 2. The van der Waals surface area contributed by atoms with Crippen molar-refractivity contribution >= 4 is 12.2 Å². The van der Waals surface area contributed by atoms with Crippen LogP contribution in [0.4, 0.5) is 4.39 Å². The SMILES string of the molecule is CC(C)c1cc(C(=O)N2Cc3ccc(F)cc3C2)c(O)c(C=O)c1O. The number of phenolic OH excluding ortho intramolecular Hbond substituents is 2. The molecule has 130 valence electrons. The summed E-state index contributed by atoms with van der Waals surface area (Å²) in [7, 11) is 0. The number of phenols is 2. The van der Waals surface area contributed by atoms with Crippen molar-refractivity contribution in [2.24, 2.45) is 0 Å². The van der Waals surface area contributed by atoms with E-state index in [1.807, 2.05) is 13.8 Å². The van der Waals surface area contributed by atoms with E-state index in [0.717, 1.165) is 5.56 Å². The number of halogens is 1. The molecule has 1 amide bonds. The summed E-state index contributed by atoms with van der Waals surface area (Å²) in [5, 5.41) is 20.4. The molecule has 0 fully saturated rings. The van der Waals surface area contributed by atoms with E-state index >= 15 is 0 Å².